The van der Waals surface area contributed by atoms with Gasteiger partial charge >= 0.3 is 5.97 Å². The van der Waals surface area contributed by atoms with Crippen LogP contribution in [0.5, 0.6) is 0 Å². The highest BCUT2D eigenvalue weighted by molar-refractivity contribution is 5.84. The molecule has 0 saturated heterocycles. The summed E-state index contributed by atoms with van der Waals surface area (Å²) in [5.41, 5.74) is 0. The van der Waals surface area contributed by atoms with Crippen molar-refractivity contribution in [3.8, 4) is 0 Å². The van der Waals surface area contributed by atoms with Gasteiger partial charge in [0.2, 0.25) is 0 Å². The number of hydrogen-bond donors (Lipinski definition) is 1. The van der Waals surface area contributed by atoms with E-state index >= 15 is 0 Å². The zero-order chi connectivity index (χ0) is 21.6. The minimum Gasteiger partial charge on any atom is -0.469 e. The fourth-order valence-electron chi connectivity index (χ4n) is 3.94. The summed E-state index contributed by atoms with van der Waals surface area (Å²) < 4.78 is 9.67. The quantitative estimate of drug-likeness (QED) is 0.252. The van der Waals surface area contributed by atoms with Gasteiger partial charge in [-0.3, -0.25) is 14.4 Å². The Hall–Kier alpha value is -1.53. The third-order valence-corrected chi connectivity index (χ3v) is 5.73. The Labute approximate surface area is 175 Å². The van der Waals surface area contributed by atoms with E-state index in [0.717, 1.165) is 32.3 Å². The molecule has 0 aromatic carbocycles. The molecule has 1 aliphatic carbocycles. The van der Waals surface area contributed by atoms with Gasteiger partial charge in [-0.1, -0.05) is 25.5 Å². The number of allylic oxidation sites excluding steroid dienone is 2. The van der Waals surface area contributed by atoms with Crippen LogP contribution >= 0.6 is 0 Å². The van der Waals surface area contributed by atoms with Crippen LogP contribution in [0.15, 0.2) is 12.2 Å². The summed E-state index contributed by atoms with van der Waals surface area (Å²) in [6.45, 7) is 2.71. The number of carbonyl (C=O) groups excluding carboxylic acids is 3. The van der Waals surface area contributed by atoms with E-state index in [0.29, 0.717) is 32.1 Å². The number of ether oxygens (including phenoxy) is 2. The van der Waals surface area contributed by atoms with Gasteiger partial charge < -0.3 is 14.6 Å². The van der Waals surface area contributed by atoms with Crippen LogP contribution < -0.4 is 0 Å². The Morgan fingerprint density at radius 2 is 1.93 bits per heavy atom. The monoisotopic (exact) mass is 410 g/mol. The second-order valence-corrected chi connectivity index (χ2v) is 8.22. The molecule has 0 aliphatic heterocycles. The maximum Gasteiger partial charge on any atom is 0.305 e. The molecule has 1 N–H and O–H groups in total. The lowest BCUT2D eigenvalue weighted by atomic mass is 9.86. The fourth-order valence-corrected chi connectivity index (χ4v) is 3.94. The highest BCUT2D eigenvalue weighted by atomic mass is 16.5. The van der Waals surface area contributed by atoms with E-state index in [2.05, 4.69) is 4.74 Å². The molecular formula is C23H38O6. The molecule has 6 nitrogen and oxygen atoms in total. The van der Waals surface area contributed by atoms with E-state index in [4.69, 9.17) is 4.74 Å². The molecule has 4 atom stereocenters. The second kappa shape index (κ2) is 14.5. The maximum atomic E-state index is 12.3. The Kier molecular flexibility index (Phi) is 12.7. The molecule has 0 bridgehead atoms. The predicted octanol–water partition coefficient (Wildman–Crippen LogP) is 3.64. The van der Waals surface area contributed by atoms with Crippen molar-refractivity contribution < 1.29 is 29.0 Å². The van der Waals surface area contributed by atoms with Crippen LogP contribution in [0.25, 0.3) is 0 Å². The van der Waals surface area contributed by atoms with E-state index in [-0.39, 0.29) is 41.7 Å². The van der Waals surface area contributed by atoms with Gasteiger partial charge in [0.1, 0.15) is 11.6 Å². The molecule has 4 unspecified atom stereocenters. The van der Waals surface area contributed by atoms with Gasteiger partial charge in [0, 0.05) is 45.3 Å². The van der Waals surface area contributed by atoms with Crippen molar-refractivity contribution in [2.45, 2.75) is 77.2 Å². The standard InChI is InChI=1S/C23H38O6/c1-17(15-23(27)29-3)9-6-7-11-19-20(22(26)16-21(19)25)13-12-18(24)10-5-4-8-14-28-2/h6-7,17,19-20,22,26H,4-5,8-16H2,1-3H3. The summed E-state index contributed by atoms with van der Waals surface area (Å²) in [6.07, 6.45) is 9.57. The van der Waals surface area contributed by atoms with Crippen molar-refractivity contribution in [1.82, 2.24) is 0 Å². The van der Waals surface area contributed by atoms with Crippen LogP contribution in [-0.4, -0.2) is 49.6 Å². The van der Waals surface area contributed by atoms with E-state index in [9.17, 15) is 19.5 Å². The third-order valence-electron chi connectivity index (χ3n) is 5.73. The Balaban J connectivity index is 2.39. The van der Waals surface area contributed by atoms with Crippen molar-refractivity contribution in [1.29, 1.82) is 0 Å². The van der Waals surface area contributed by atoms with Crippen LogP contribution in [0.2, 0.25) is 0 Å². The molecule has 0 spiro atoms. The second-order valence-electron chi connectivity index (χ2n) is 8.22. The summed E-state index contributed by atoms with van der Waals surface area (Å²) in [4.78, 5) is 35.7. The van der Waals surface area contributed by atoms with Gasteiger partial charge in [-0.05, 0) is 43.9 Å². The molecule has 0 heterocycles. The molecule has 166 valence electrons. The number of unbranched alkanes of at least 4 members (excludes halogenated alkanes) is 2. The minimum atomic E-state index is -0.645. The number of rotatable bonds is 15. The summed E-state index contributed by atoms with van der Waals surface area (Å²) >= 11 is 0. The lowest BCUT2D eigenvalue weighted by Gasteiger charge is -2.19. The Morgan fingerprint density at radius 3 is 2.62 bits per heavy atom. The topological polar surface area (TPSA) is 89.9 Å². The average molecular weight is 411 g/mol. The number of esters is 1. The highest BCUT2D eigenvalue weighted by Gasteiger charge is 2.40. The first-order valence-corrected chi connectivity index (χ1v) is 10.8. The highest BCUT2D eigenvalue weighted by Crippen LogP contribution is 2.35. The van der Waals surface area contributed by atoms with E-state index in [1.165, 1.54) is 7.11 Å². The molecule has 29 heavy (non-hydrogen) atoms. The number of ketones is 2. The first-order valence-electron chi connectivity index (χ1n) is 10.8. The van der Waals surface area contributed by atoms with Gasteiger partial charge in [-0.15, -0.1) is 0 Å². The molecule has 6 heteroatoms. The lowest BCUT2D eigenvalue weighted by Crippen LogP contribution is -2.21. The van der Waals surface area contributed by atoms with Crippen LogP contribution in [-0.2, 0) is 23.9 Å². The number of carbonyl (C=O) groups is 3. The van der Waals surface area contributed by atoms with E-state index < -0.39 is 6.10 Å². The van der Waals surface area contributed by atoms with Crippen molar-refractivity contribution in [3.05, 3.63) is 12.2 Å². The fraction of sp³-hybridized carbons (Fsp3) is 0.783. The largest absolute Gasteiger partial charge is 0.469 e. The Bertz CT molecular complexity index is 541. The van der Waals surface area contributed by atoms with E-state index in [1.807, 2.05) is 19.1 Å². The maximum absolute atomic E-state index is 12.3. The minimum absolute atomic E-state index is 0.0850. The van der Waals surface area contributed by atoms with Crippen molar-refractivity contribution >= 4 is 17.5 Å². The lowest BCUT2D eigenvalue weighted by molar-refractivity contribution is -0.141. The van der Waals surface area contributed by atoms with Crippen molar-refractivity contribution in [2.75, 3.05) is 20.8 Å². The molecule has 1 aliphatic rings. The summed E-state index contributed by atoms with van der Waals surface area (Å²) in [7, 11) is 3.06. The normalized spacial score (nSPS) is 22.9. The molecule has 1 fully saturated rings. The van der Waals surface area contributed by atoms with Crippen molar-refractivity contribution in [2.24, 2.45) is 17.8 Å². The molecular weight excluding hydrogens is 372 g/mol. The van der Waals surface area contributed by atoms with Crippen LogP contribution in [0.3, 0.4) is 0 Å². The molecule has 0 aromatic rings. The van der Waals surface area contributed by atoms with Gasteiger partial charge in [0.15, 0.2) is 0 Å². The number of Topliss-reactive ketones (excluding diaryl/α,β-unsaturated/α-hetero) is 2. The number of aliphatic hydroxyl groups is 1. The van der Waals surface area contributed by atoms with Gasteiger partial charge in [0.05, 0.1) is 13.2 Å². The van der Waals surface area contributed by atoms with Crippen molar-refractivity contribution in [3.63, 3.8) is 0 Å². The zero-order valence-corrected chi connectivity index (χ0v) is 18.2. The van der Waals surface area contributed by atoms with Gasteiger partial charge in [-0.25, -0.2) is 0 Å². The zero-order valence-electron chi connectivity index (χ0n) is 18.2. The summed E-state index contributed by atoms with van der Waals surface area (Å²) in [6, 6.07) is 0. The molecule has 1 rings (SSSR count). The smallest absolute Gasteiger partial charge is 0.305 e. The van der Waals surface area contributed by atoms with Crippen LogP contribution in [0, 0.1) is 17.8 Å². The number of methoxy groups -OCH3 is 2. The molecule has 1 saturated carbocycles. The SMILES string of the molecule is COCCCCCC(=O)CCC1C(O)CC(=O)C1CC=CCC(C)CC(=O)OC. The number of aliphatic hydroxyl groups excluding tert-OH is 1. The van der Waals surface area contributed by atoms with E-state index in [1.54, 1.807) is 7.11 Å². The van der Waals surface area contributed by atoms with Gasteiger partial charge in [0.25, 0.3) is 0 Å². The molecule has 0 amide bonds. The first-order chi connectivity index (χ1) is 13.9. The summed E-state index contributed by atoms with van der Waals surface area (Å²) in [5, 5.41) is 10.3. The first kappa shape index (κ1) is 25.5. The Morgan fingerprint density at radius 1 is 1.17 bits per heavy atom. The van der Waals surface area contributed by atoms with Crippen LogP contribution in [0.4, 0.5) is 0 Å². The molecule has 0 aromatic heterocycles. The third kappa shape index (κ3) is 10.2. The molecule has 0 radical (unpaired) electrons. The number of hydrogen-bond acceptors (Lipinski definition) is 6. The van der Waals surface area contributed by atoms with Crippen LogP contribution in [0.1, 0.15) is 71.1 Å². The predicted molar refractivity (Wildman–Crippen MR) is 111 cm³/mol. The summed E-state index contributed by atoms with van der Waals surface area (Å²) in [5.74, 6) is -0.102. The average Bonchev–Trinajstić information content (AvgIpc) is 2.95. The van der Waals surface area contributed by atoms with Gasteiger partial charge in [-0.2, -0.15) is 0 Å².